The molecular weight excluding hydrogens is 280 g/mol. The predicted molar refractivity (Wildman–Crippen MR) is 79.6 cm³/mol. The minimum atomic E-state index is 0.0223. The van der Waals surface area contributed by atoms with Gasteiger partial charge in [0, 0.05) is 15.5 Å². The van der Waals surface area contributed by atoms with Crippen LogP contribution in [0.25, 0.3) is 0 Å². The summed E-state index contributed by atoms with van der Waals surface area (Å²) in [5, 5.41) is 8.21. The van der Waals surface area contributed by atoms with E-state index in [1.807, 2.05) is 24.3 Å². The lowest BCUT2D eigenvalue weighted by molar-refractivity contribution is 0.405. The summed E-state index contributed by atoms with van der Waals surface area (Å²) in [4.78, 5) is 1.79. The highest BCUT2D eigenvalue weighted by Crippen LogP contribution is 2.37. The Morgan fingerprint density at radius 1 is 1.21 bits per heavy atom. The molecule has 0 radical (unpaired) electrons. The fourth-order valence-electron chi connectivity index (χ4n) is 1.62. The molecule has 0 amide bonds. The number of hydrogen-bond acceptors (Lipinski definition) is 3. The number of nitrogens with one attached hydrogen (secondary N) is 1. The standard InChI is InChI=1S/C14H13ClN2OS/c1-18-11-4-2-3-5-12(11)19-13-8-9(15)6-7-10(13)14(16)17/h2-8H,1H3,(H3,16,17). The average molecular weight is 293 g/mol. The summed E-state index contributed by atoms with van der Waals surface area (Å²) in [7, 11) is 1.63. The highest BCUT2D eigenvalue weighted by atomic mass is 35.5. The second kappa shape index (κ2) is 5.99. The molecule has 2 rings (SSSR count). The number of nitrogen functional groups attached to an aromatic ring is 1. The topological polar surface area (TPSA) is 59.1 Å². The van der Waals surface area contributed by atoms with Crippen LogP contribution in [-0.4, -0.2) is 12.9 Å². The van der Waals surface area contributed by atoms with Crippen molar-refractivity contribution >= 4 is 29.2 Å². The van der Waals surface area contributed by atoms with Crippen LogP contribution in [0, 0.1) is 5.41 Å². The first-order valence-corrected chi connectivity index (χ1v) is 6.76. The van der Waals surface area contributed by atoms with E-state index in [4.69, 9.17) is 27.5 Å². The Bertz CT molecular complexity index is 616. The number of halogens is 1. The molecule has 3 N–H and O–H groups in total. The maximum Gasteiger partial charge on any atom is 0.132 e. The molecular formula is C14H13ClN2OS. The van der Waals surface area contributed by atoms with Gasteiger partial charge < -0.3 is 10.5 Å². The van der Waals surface area contributed by atoms with E-state index in [9.17, 15) is 0 Å². The lowest BCUT2D eigenvalue weighted by Gasteiger charge is -2.11. The van der Waals surface area contributed by atoms with Gasteiger partial charge in [-0.25, -0.2) is 0 Å². The van der Waals surface area contributed by atoms with Crippen molar-refractivity contribution in [3.05, 3.63) is 53.1 Å². The van der Waals surface area contributed by atoms with Gasteiger partial charge in [-0.2, -0.15) is 0 Å². The third-order valence-corrected chi connectivity index (χ3v) is 3.87. The molecule has 0 fully saturated rings. The van der Waals surface area contributed by atoms with Crippen LogP contribution in [0.15, 0.2) is 52.3 Å². The van der Waals surface area contributed by atoms with Gasteiger partial charge in [-0.3, -0.25) is 5.41 Å². The van der Waals surface area contributed by atoms with Gasteiger partial charge in [-0.1, -0.05) is 35.5 Å². The van der Waals surface area contributed by atoms with Crippen LogP contribution in [0.2, 0.25) is 5.02 Å². The molecule has 19 heavy (non-hydrogen) atoms. The minimum Gasteiger partial charge on any atom is -0.496 e. The smallest absolute Gasteiger partial charge is 0.132 e. The van der Waals surface area contributed by atoms with E-state index in [1.165, 1.54) is 11.8 Å². The first-order valence-electron chi connectivity index (χ1n) is 5.56. The summed E-state index contributed by atoms with van der Waals surface area (Å²) in [5.74, 6) is 0.802. The van der Waals surface area contributed by atoms with Gasteiger partial charge in [0.1, 0.15) is 11.6 Å². The molecule has 0 aliphatic rings. The third-order valence-electron chi connectivity index (χ3n) is 2.52. The SMILES string of the molecule is COc1ccccc1Sc1cc(Cl)ccc1C(=N)N. The molecule has 0 saturated heterocycles. The first kappa shape index (κ1) is 13.8. The van der Waals surface area contributed by atoms with Crippen LogP contribution < -0.4 is 10.5 Å². The van der Waals surface area contributed by atoms with E-state index in [0.29, 0.717) is 10.6 Å². The Balaban J connectivity index is 2.42. The van der Waals surface area contributed by atoms with E-state index in [-0.39, 0.29) is 5.84 Å². The van der Waals surface area contributed by atoms with E-state index in [0.717, 1.165) is 15.5 Å². The summed E-state index contributed by atoms with van der Waals surface area (Å²) in [6, 6.07) is 13.0. The molecule has 0 atom stereocenters. The van der Waals surface area contributed by atoms with Gasteiger partial charge in [0.15, 0.2) is 0 Å². The molecule has 0 aliphatic heterocycles. The van der Waals surface area contributed by atoms with Gasteiger partial charge >= 0.3 is 0 Å². The van der Waals surface area contributed by atoms with Gasteiger partial charge in [-0.05, 0) is 30.3 Å². The lowest BCUT2D eigenvalue weighted by Crippen LogP contribution is -2.12. The highest BCUT2D eigenvalue weighted by molar-refractivity contribution is 7.99. The van der Waals surface area contributed by atoms with Crippen LogP contribution in [0.3, 0.4) is 0 Å². The van der Waals surface area contributed by atoms with Crippen molar-refractivity contribution in [2.24, 2.45) is 5.73 Å². The Kier molecular flexibility index (Phi) is 4.35. The molecule has 98 valence electrons. The number of benzene rings is 2. The van der Waals surface area contributed by atoms with E-state index in [1.54, 1.807) is 25.3 Å². The van der Waals surface area contributed by atoms with E-state index >= 15 is 0 Å². The third kappa shape index (κ3) is 3.22. The molecule has 0 aromatic heterocycles. The number of hydrogen-bond donors (Lipinski definition) is 2. The van der Waals surface area contributed by atoms with Gasteiger partial charge in [-0.15, -0.1) is 0 Å². The molecule has 0 unspecified atom stereocenters. The van der Waals surface area contributed by atoms with Crippen molar-refractivity contribution in [1.29, 1.82) is 5.41 Å². The van der Waals surface area contributed by atoms with Crippen LogP contribution in [-0.2, 0) is 0 Å². The van der Waals surface area contributed by atoms with Crippen molar-refractivity contribution < 1.29 is 4.74 Å². The summed E-state index contributed by atoms with van der Waals surface area (Å²) in [6.45, 7) is 0. The molecule has 3 nitrogen and oxygen atoms in total. The number of para-hydroxylation sites is 1. The molecule has 0 heterocycles. The van der Waals surface area contributed by atoms with Crippen molar-refractivity contribution in [3.63, 3.8) is 0 Å². The molecule has 2 aromatic carbocycles. The van der Waals surface area contributed by atoms with Crippen LogP contribution in [0.4, 0.5) is 0 Å². The summed E-state index contributed by atoms with van der Waals surface area (Å²) < 4.78 is 5.31. The molecule has 2 aromatic rings. The van der Waals surface area contributed by atoms with Crippen molar-refractivity contribution in [2.75, 3.05) is 7.11 Å². The monoisotopic (exact) mass is 292 g/mol. The first-order chi connectivity index (χ1) is 9.11. The number of methoxy groups -OCH3 is 1. The molecule has 5 heteroatoms. The summed E-state index contributed by atoms with van der Waals surface area (Å²) in [6.07, 6.45) is 0. The number of rotatable bonds is 4. The highest BCUT2D eigenvalue weighted by Gasteiger charge is 2.10. The summed E-state index contributed by atoms with van der Waals surface area (Å²) >= 11 is 7.48. The largest absolute Gasteiger partial charge is 0.496 e. The molecule has 0 aliphatic carbocycles. The van der Waals surface area contributed by atoms with Crippen LogP contribution in [0.1, 0.15) is 5.56 Å². The maximum atomic E-state index is 7.60. The number of nitrogens with two attached hydrogens (primary N) is 1. The Morgan fingerprint density at radius 3 is 2.63 bits per heavy atom. The van der Waals surface area contributed by atoms with Crippen molar-refractivity contribution in [2.45, 2.75) is 9.79 Å². The van der Waals surface area contributed by atoms with Gasteiger partial charge in [0.2, 0.25) is 0 Å². The van der Waals surface area contributed by atoms with Gasteiger partial charge in [0.25, 0.3) is 0 Å². The van der Waals surface area contributed by atoms with E-state index in [2.05, 4.69) is 0 Å². The fraction of sp³-hybridized carbons (Fsp3) is 0.0714. The second-order valence-corrected chi connectivity index (χ2v) is 5.33. The quantitative estimate of drug-likeness (QED) is 0.666. The summed E-state index contributed by atoms with van der Waals surface area (Å²) in [5.41, 5.74) is 6.25. The van der Waals surface area contributed by atoms with Crippen molar-refractivity contribution in [3.8, 4) is 5.75 Å². The maximum absolute atomic E-state index is 7.60. The zero-order valence-electron chi connectivity index (χ0n) is 10.3. The Morgan fingerprint density at radius 2 is 1.95 bits per heavy atom. The molecule has 0 saturated carbocycles. The minimum absolute atomic E-state index is 0.0223. The molecule has 0 bridgehead atoms. The van der Waals surface area contributed by atoms with Gasteiger partial charge in [0.05, 0.1) is 12.0 Å². The zero-order valence-corrected chi connectivity index (χ0v) is 11.9. The lowest BCUT2D eigenvalue weighted by atomic mass is 10.2. The fourth-order valence-corrected chi connectivity index (χ4v) is 2.97. The number of ether oxygens (including phenoxy) is 1. The predicted octanol–water partition coefficient (Wildman–Crippen LogP) is 3.78. The Labute approximate surface area is 121 Å². The Hall–Kier alpha value is -1.65. The second-order valence-electron chi connectivity index (χ2n) is 3.81. The normalized spacial score (nSPS) is 10.2. The number of amidine groups is 1. The zero-order chi connectivity index (χ0) is 13.8. The average Bonchev–Trinajstić information content (AvgIpc) is 2.39. The van der Waals surface area contributed by atoms with Crippen molar-refractivity contribution in [1.82, 2.24) is 0 Å². The van der Waals surface area contributed by atoms with E-state index < -0.39 is 0 Å². The van der Waals surface area contributed by atoms with Crippen LogP contribution in [0.5, 0.6) is 5.75 Å². The van der Waals surface area contributed by atoms with Crippen LogP contribution >= 0.6 is 23.4 Å². The molecule has 0 spiro atoms.